The minimum atomic E-state index is -0.837. The summed E-state index contributed by atoms with van der Waals surface area (Å²) in [6.07, 6.45) is 5.32. The smallest absolute Gasteiger partial charge is 0.268 e. The van der Waals surface area contributed by atoms with Crippen LogP contribution in [0.15, 0.2) is 58.2 Å². The maximum Gasteiger partial charge on any atom is 0.268 e. The Bertz CT molecular complexity index is 1250. The van der Waals surface area contributed by atoms with E-state index in [1.807, 2.05) is 0 Å². The van der Waals surface area contributed by atoms with Crippen LogP contribution >= 0.6 is 0 Å². The SMILES string of the molecule is C#Cc1ccc(C(=O)c2oc3ccc(F)cc3c2NC(=O)/C(C#N)=C(/C)N)cc1. The van der Waals surface area contributed by atoms with E-state index in [1.54, 1.807) is 18.2 Å². The first-order chi connectivity index (χ1) is 13.8. The van der Waals surface area contributed by atoms with Crippen molar-refractivity contribution in [3.63, 3.8) is 0 Å². The third-order valence-electron chi connectivity index (χ3n) is 4.14. The van der Waals surface area contributed by atoms with Crippen LogP contribution in [0.25, 0.3) is 11.0 Å². The molecule has 7 heteroatoms. The average molecular weight is 387 g/mol. The first kappa shape index (κ1) is 19.4. The fourth-order valence-electron chi connectivity index (χ4n) is 2.70. The van der Waals surface area contributed by atoms with Gasteiger partial charge in [-0.2, -0.15) is 5.26 Å². The van der Waals surface area contributed by atoms with Gasteiger partial charge in [-0.05, 0) is 49.4 Å². The van der Waals surface area contributed by atoms with E-state index in [0.717, 1.165) is 12.1 Å². The summed E-state index contributed by atoms with van der Waals surface area (Å²) in [5.41, 5.74) is 6.22. The summed E-state index contributed by atoms with van der Waals surface area (Å²) in [6.45, 7) is 1.39. The summed E-state index contributed by atoms with van der Waals surface area (Å²) in [4.78, 5) is 25.5. The highest BCUT2D eigenvalue weighted by atomic mass is 19.1. The molecule has 1 amide bonds. The number of terminal acetylenes is 1. The molecule has 29 heavy (non-hydrogen) atoms. The van der Waals surface area contributed by atoms with Gasteiger partial charge in [-0.25, -0.2) is 4.39 Å². The first-order valence-corrected chi connectivity index (χ1v) is 8.37. The van der Waals surface area contributed by atoms with Crippen LogP contribution in [0.2, 0.25) is 0 Å². The number of allylic oxidation sites excluding steroid dienone is 1. The fraction of sp³-hybridized carbons (Fsp3) is 0.0455. The van der Waals surface area contributed by atoms with Gasteiger partial charge in [0.15, 0.2) is 5.76 Å². The third-order valence-corrected chi connectivity index (χ3v) is 4.14. The Morgan fingerprint density at radius 1 is 1.21 bits per heavy atom. The van der Waals surface area contributed by atoms with Crippen molar-refractivity contribution < 1.29 is 18.4 Å². The molecule has 2 aromatic carbocycles. The monoisotopic (exact) mass is 387 g/mol. The maximum atomic E-state index is 13.8. The number of halogens is 1. The molecule has 0 aliphatic heterocycles. The zero-order valence-electron chi connectivity index (χ0n) is 15.2. The van der Waals surface area contributed by atoms with E-state index < -0.39 is 17.5 Å². The molecule has 3 rings (SSSR count). The molecule has 142 valence electrons. The molecule has 3 N–H and O–H groups in total. The Kier molecular flexibility index (Phi) is 5.16. The Hall–Kier alpha value is -4.36. The quantitative estimate of drug-likeness (QED) is 0.308. The Morgan fingerprint density at radius 3 is 2.48 bits per heavy atom. The predicted molar refractivity (Wildman–Crippen MR) is 105 cm³/mol. The first-order valence-electron chi connectivity index (χ1n) is 8.37. The third kappa shape index (κ3) is 3.71. The van der Waals surface area contributed by atoms with Crippen LogP contribution in [0.5, 0.6) is 0 Å². The van der Waals surface area contributed by atoms with Crippen molar-refractivity contribution in [1.29, 1.82) is 5.26 Å². The van der Waals surface area contributed by atoms with Crippen molar-refractivity contribution in [3.8, 4) is 18.4 Å². The molecule has 0 unspecified atom stereocenters. The summed E-state index contributed by atoms with van der Waals surface area (Å²) in [5.74, 6) is 0.266. The van der Waals surface area contributed by atoms with Gasteiger partial charge in [0.05, 0.1) is 5.69 Å². The van der Waals surface area contributed by atoms with Crippen LogP contribution in [-0.4, -0.2) is 11.7 Å². The number of nitrogens with two attached hydrogens (primary N) is 1. The summed E-state index contributed by atoms with van der Waals surface area (Å²) in [7, 11) is 0. The van der Waals surface area contributed by atoms with E-state index in [9.17, 15) is 14.0 Å². The van der Waals surface area contributed by atoms with Crippen molar-refractivity contribution >= 4 is 28.3 Å². The zero-order chi connectivity index (χ0) is 21.1. The van der Waals surface area contributed by atoms with Crippen molar-refractivity contribution in [3.05, 3.63) is 76.4 Å². The Balaban J connectivity index is 2.14. The molecule has 0 spiro atoms. The second-order valence-corrected chi connectivity index (χ2v) is 6.12. The van der Waals surface area contributed by atoms with Crippen LogP contribution in [0.1, 0.15) is 28.6 Å². The van der Waals surface area contributed by atoms with Crippen molar-refractivity contribution in [2.75, 3.05) is 5.32 Å². The van der Waals surface area contributed by atoms with E-state index in [4.69, 9.17) is 21.8 Å². The van der Waals surface area contributed by atoms with E-state index in [0.29, 0.717) is 5.56 Å². The highest BCUT2D eigenvalue weighted by Gasteiger charge is 2.25. The largest absolute Gasteiger partial charge is 0.450 e. The Morgan fingerprint density at radius 2 is 1.90 bits per heavy atom. The average Bonchev–Trinajstić information content (AvgIpc) is 3.05. The lowest BCUT2D eigenvalue weighted by atomic mass is 10.0. The number of hydrogen-bond donors (Lipinski definition) is 2. The predicted octanol–water partition coefficient (Wildman–Crippen LogP) is 3.48. The van der Waals surface area contributed by atoms with Gasteiger partial charge in [-0.15, -0.1) is 6.42 Å². The lowest BCUT2D eigenvalue weighted by molar-refractivity contribution is -0.112. The van der Waals surface area contributed by atoms with E-state index in [-0.39, 0.29) is 39.3 Å². The number of benzene rings is 2. The number of nitrogens with one attached hydrogen (secondary N) is 1. The highest BCUT2D eigenvalue weighted by molar-refractivity contribution is 6.19. The van der Waals surface area contributed by atoms with Gasteiger partial charge in [-0.3, -0.25) is 9.59 Å². The van der Waals surface area contributed by atoms with Gasteiger partial charge in [0, 0.05) is 22.2 Å². The molecular weight excluding hydrogens is 373 g/mol. The summed E-state index contributed by atoms with van der Waals surface area (Å²) < 4.78 is 19.4. The topological polar surface area (TPSA) is 109 Å². The van der Waals surface area contributed by atoms with Crippen molar-refractivity contribution in [2.24, 2.45) is 5.73 Å². The number of ketones is 1. The molecule has 0 saturated heterocycles. The molecule has 6 nitrogen and oxygen atoms in total. The van der Waals surface area contributed by atoms with Gasteiger partial charge in [0.2, 0.25) is 5.78 Å². The minimum absolute atomic E-state index is 0.00160. The fourth-order valence-corrected chi connectivity index (χ4v) is 2.70. The van der Waals surface area contributed by atoms with Crippen molar-refractivity contribution in [2.45, 2.75) is 6.92 Å². The second-order valence-electron chi connectivity index (χ2n) is 6.12. The van der Waals surface area contributed by atoms with Crippen LogP contribution < -0.4 is 11.1 Å². The standard InChI is InChI=1S/C22H14FN3O3/c1-3-13-4-6-14(7-5-13)20(27)21-19(26-22(28)17(11-24)12(2)25)16-10-15(23)8-9-18(16)29-21/h1,4-10H,25H2,2H3,(H,26,28)/b17-12-. The molecule has 0 saturated carbocycles. The lowest BCUT2D eigenvalue weighted by Crippen LogP contribution is -2.18. The molecule has 1 aromatic heterocycles. The lowest BCUT2D eigenvalue weighted by Gasteiger charge is -2.06. The number of carbonyl (C=O) groups is 2. The highest BCUT2D eigenvalue weighted by Crippen LogP contribution is 2.33. The van der Waals surface area contributed by atoms with E-state index >= 15 is 0 Å². The number of nitrogens with zero attached hydrogens (tertiary/aromatic N) is 1. The van der Waals surface area contributed by atoms with Gasteiger partial charge in [0.25, 0.3) is 5.91 Å². The van der Waals surface area contributed by atoms with Gasteiger partial charge in [0.1, 0.15) is 23.0 Å². The molecular formula is C22H14FN3O3. The van der Waals surface area contributed by atoms with Gasteiger partial charge < -0.3 is 15.5 Å². The number of rotatable bonds is 4. The summed E-state index contributed by atoms with van der Waals surface area (Å²) in [6, 6.07) is 11.5. The van der Waals surface area contributed by atoms with E-state index in [2.05, 4.69) is 11.2 Å². The maximum absolute atomic E-state index is 13.8. The molecule has 0 aliphatic rings. The normalized spacial score (nSPS) is 11.3. The molecule has 1 heterocycles. The van der Waals surface area contributed by atoms with Crippen molar-refractivity contribution in [1.82, 2.24) is 0 Å². The van der Waals surface area contributed by atoms with Crippen LogP contribution in [0.4, 0.5) is 10.1 Å². The number of anilines is 1. The number of nitriles is 1. The number of carbonyl (C=O) groups excluding carboxylic acids is 2. The molecule has 0 radical (unpaired) electrons. The zero-order valence-corrected chi connectivity index (χ0v) is 15.2. The summed E-state index contributed by atoms with van der Waals surface area (Å²) >= 11 is 0. The van der Waals surface area contributed by atoms with Gasteiger partial charge >= 0.3 is 0 Å². The van der Waals surface area contributed by atoms with Gasteiger partial charge in [-0.1, -0.05) is 5.92 Å². The number of furan rings is 1. The van der Waals surface area contributed by atoms with Crippen LogP contribution in [-0.2, 0) is 4.79 Å². The van der Waals surface area contributed by atoms with Crippen LogP contribution in [0, 0.1) is 29.5 Å². The minimum Gasteiger partial charge on any atom is -0.450 e. The molecule has 3 aromatic rings. The summed E-state index contributed by atoms with van der Waals surface area (Å²) in [5, 5.41) is 11.8. The molecule has 0 atom stereocenters. The van der Waals surface area contributed by atoms with Crippen LogP contribution in [0.3, 0.4) is 0 Å². The number of amides is 1. The second kappa shape index (κ2) is 7.71. The molecule has 0 bridgehead atoms. The molecule has 0 aliphatic carbocycles. The molecule has 0 fully saturated rings. The van der Waals surface area contributed by atoms with E-state index in [1.165, 1.54) is 25.1 Å². The Labute approximate surface area is 165 Å². The number of fused-ring (bicyclic) bond motifs is 1. The number of hydrogen-bond acceptors (Lipinski definition) is 5.